The standard InChI is InChI=1S/C10H14N4O2/c1-13-7-11-6-9(13)10(15)14-4-2-8(12-16)3-5-14/h6-7,16H,2-5H2,1H3. The van der Waals surface area contributed by atoms with Gasteiger partial charge in [0.25, 0.3) is 5.91 Å². The molecule has 0 atom stereocenters. The van der Waals surface area contributed by atoms with Crippen LogP contribution in [0.5, 0.6) is 0 Å². The first kappa shape index (κ1) is 10.7. The van der Waals surface area contributed by atoms with Gasteiger partial charge in [0.05, 0.1) is 18.2 Å². The molecule has 1 amide bonds. The number of aromatic nitrogens is 2. The molecule has 0 bridgehead atoms. The number of nitrogens with zero attached hydrogens (tertiary/aromatic N) is 4. The fourth-order valence-corrected chi connectivity index (χ4v) is 1.79. The van der Waals surface area contributed by atoms with Gasteiger partial charge in [-0.1, -0.05) is 5.16 Å². The van der Waals surface area contributed by atoms with E-state index in [2.05, 4.69) is 10.1 Å². The Kier molecular flexibility index (Phi) is 2.89. The van der Waals surface area contributed by atoms with Gasteiger partial charge in [0.15, 0.2) is 0 Å². The van der Waals surface area contributed by atoms with Crippen LogP contribution in [0.2, 0.25) is 0 Å². The van der Waals surface area contributed by atoms with Gasteiger partial charge in [0.1, 0.15) is 5.69 Å². The van der Waals surface area contributed by atoms with Crippen LogP contribution in [0.25, 0.3) is 0 Å². The molecule has 2 rings (SSSR count). The Labute approximate surface area is 93.2 Å². The molecule has 0 aliphatic carbocycles. The summed E-state index contributed by atoms with van der Waals surface area (Å²) in [5, 5.41) is 11.8. The van der Waals surface area contributed by atoms with E-state index in [1.807, 2.05) is 0 Å². The summed E-state index contributed by atoms with van der Waals surface area (Å²) < 4.78 is 1.71. The molecule has 1 aliphatic rings. The summed E-state index contributed by atoms with van der Waals surface area (Å²) in [4.78, 5) is 17.7. The van der Waals surface area contributed by atoms with Crippen molar-refractivity contribution in [3.8, 4) is 0 Å². The van der Waals surface area contributed by atoms with Gasteiger partial charge < -0.3 is 14.7 Å². The summed E-state index contributed by atoms with van der Waals surface area (Å²) in [6.45, 7) is 1.20. The van der Waals surface area contributed by atoms with E-state index in [4.69, 9.17) is 5.21 Å². The molecule has 2 heterocycles. The predicted octanol–water partition coefficient (Wildman–Crippen LogP) is 0.486. The SMILES string of the molecule is Cn1cncc1C(=O)N1CCC(=NO)CC1. The molecule has 6 nitrogen and oxygen atoms in total. The summed E-state index contributed by atoms with van der Waals surface area (Å²) in [7, 11) is 1.80. The molecule has 1 fully saturated rings. The van der Waals surface area contributed by atoms with E-state index in [1.165, 1.54) is 0 Å². The van der Waals surface area contributed by atoms with Crippen LogP contribution >= 0.6 is 0 Å². The van der Waals surface area contributed by atoms with Gasteiger partial charge in [-0.25, -0.2) is 4.98 Å². The molecule has 0 spiro atoms. The smallest absolute Gasteiger partial charge is 0.272 e. The second kappa shape index (κ2) is 4.34. The molecule has 0 radical (unpaired) electrons. The third kappa shape index (κ3) is 1.91. The molecule has 1 N–H and O–H groups in total. The molecule has 86 valence electrons. The fraction of sp³-hybridized carbons (Fsp3) is 0.500. The molecule has 0 unspecified atom stereocenters. The highest BCUT2D eigenvalue weighted by atomic mass is 16.4. The van der Waals surface area contributed by atoms with Crippen LogP contribution in [0, 0.1) is 0 Å². The number of hydrogen-bond donors (Lipinski definition) is 1. The zero-order valence-corrected chi connectivity index (χ0v) is 9.13. The Bertz CT molecular complexity index is 414. The highest BCUT2D eigenvalue weighted by Gasteiger charge is 2.22. The van der Waals surface area contributed by atoms with Crippen molar-refractivity contribution in [2.75, 3.05) is 13.1 Å². The first-order valence-electron chi connectivity index (χ1n) is 5.17. The number of aryl methyl sites for hydroxylation is 1. The molecule has 6 heteroatoms. The van der Waals surface area contributed by atoms with Crippen LogP contribution in [-0.2, 0) is 7.05 Å². The monoisotopic (exact) mass is 222 g/mol. The predicted molar refractivity (Wildman–Crippen MR) is 57.6 cm³/mol. The first-order valence-corrected chi connectivity index (χ1v) is 5.17. The Morgan fingerprint density at radius 1 is 1.50 bits per heavy atom. The van der Waals surface area contributed by atoms with Gasteiger partial charge in [0.2, 0.25) is 0 Å². The van der Waals surface area contributed by atoms with Crippen molar-refractivity contribution in [2.24, 2.45) is 12.2 Å². The third-order valence-corrected chi connectivity index (χ3v) is 2.81. The van der Waals surface area contributed by atoms with Crippen LogP contribution in [0.4, 0.5) is 0 Å². The van der Waals surface area contributed by atoms with Crippen molar-refractivity contribution in [1.82, 2.24) is 14.5 Å². The minimum absolute atomic E-state index is 0.0167. The molecule has 1 aromatic rings. The molecular formula is C10H14N4O2. The largest absolute Gasteiger partial charge is 0.411 e. The number of piperidine rings is 1. The maximum absolute atomic E-state index is 12.0. The topological polar surface area (TPSA) is 70.7 Å². The highest BCUT2D eigenvalue weighted by Crippen LogP contribution is 2.11. The molecular weight excluding hydrogens is 208 g/mol. The molecule has 1 saturated heterocycles. The summed E-state index contributed by atoms with van der Waals surface area (Å²) >= 11 is 0. The van der Waals surface area contributed by atoms with Crippen LogP contribution in [-0.4, -0.2) is 44.4 Å². The lowest BCUT2D eigenvalue weighted by Crippen LogP contribution is -2.39. The number of carbonyl (C=O) groups is 1. The Hall–Kier alpha value is -1.85. The molecule has 1 aliphatic heterocycles. The number of likely N-dealkylation sites (tertiary alicyclic amines) is 1. The number of rotatable bonds is 1. The van der Waals surface area contributed by atoms with Gasteiger partial charge in [0, 0.05) is 33.0 Å². The van der Waals surface area contributed by atoms with Crippen LogP contribution in [0.1, 0.15) is 23.3 Å². The fourth-order valence-electron chi connectivity index (χ4n) is 1.79. The van der Waals surface area contributed by atoms with Gasteiger partial charge in [-0.2, -0.15) is 0 Å². The van der Waals surface area contributed by atoms with Crippen molar-refractivity contribution < 1.29 is 10.0 Å². The van der Waals surface area contributed by atoms with Crippen LogP contribution in [0.15, 0.2) is 17.7 Å². The Morgan fingerprint density at radius 2 is 2.19 bits per heavy atom. The van der Waals surface area contributed by atoms with Crippen molar-refractivity contribution in [3.05, 3.63) is 18.2 Å². The van der Waals surface area contributed by atoms with E-state index >= 15 is 0 Å². The van der Waals surface area contributed by atoms with E-state index in [1.54, 1.807) is 29.0 Å². The Balaban J connectivity index is 2.05. The van der Waals surface area contributed by atoms with Gasteiger partial charge >= 0.3 is 0 Å². The van der Waals surface area contributed by atoms with Crippen LogP contribution in [0.3, 0.4) is 0 Å². The molecule has 1 aromatic heterocycles. The van der Waals surface area contributed by atoms with Gasteiger partial charge in [-0.3, -0.25) is 4.79 Å². The number of oxime groups is 1. The second-order valence-corrected chi connectivity index (χ2v) is 3.85. The molecule has 16 heavy (non-hydrogen) atoms. The van der Waals surface area contributed by atoms with E-state index in [9.17, 15) is 4.79 Å². The zero-order valence-electron chi connectivity index (χ0n) is 9.13. The number of imidazole rings is 1. The quantitative estimate of drug-likeness (QED) is 0.555. The normalized spacial score (nSPS) is 16.3. The summed E-state index contributed by atoms with van der Waals surface area (Å²) in [5.41, 5.74) is 1.35. The van der Waals surface area contributed by atoms with Gasteiger partial charge in [-0.05, 0) is 0 Å². The van der Waals surface area contributed by atoms with E-state index in [-0.39, 0.29) is 5.91 Å². The van der Waals surface area contributed by atoms with Crippen molar-refractivity contribution in [1.29, 1.82) is 0 Å². The average Bonchev–Trinajstić information content (AvgIpc) is 2.75. The maximum Gasteiger partial charge on any atom is 0.272 e. The van der Waals surface area contributed by atoms with Gasteiger partial charge in [-0.15, -0.1) is 0 Å². The molecule has 0 saturated carbocycles. The zero-order chi connectivity index (χ0) is 11.5. The third-order valence-electron chi connectivity index (χ3n) is 2.81. The summed E-state index contributed by atoms with van der Waals surface area (Å²) in [6, 6.07) is 0. The first-order chi connectivity index (χ1) is 7.72. The lowest BCUT2D eigenvalue weighted by atomic mass is 10.1. The Morgan fingerprint density at radius 3 is 2.69 bits per heavy atom. The van der Waals surface area contributed by atoms with Crippen molar-refractivity contribution in [2.45, 2.75) is 12.8 Å². The van der Waals surface area contributed by atoms with E-state index in [0.717, 1.165) is 5.71 Å². The van der Waals surface area contributed by atoms with Crippen molar-refractivity contribution >= 4 is 11.6 Å². The highest BCUT2D eigenvalue weighted by molar-refractivity contribution is 5.94. The molecule has 0 aromatic carbocycles. The minimum Gasteiger partial charge on any atom is -0.411 e. The van der Waals surface area contributed by atoms with E-state index in [0.29, 0.717) is 31.6 Å². The lowest BCUT2D eigenvalue weighted by molar-refractivity contribution is 0.0744. The van der Waals surface area contributed by atoms with E-state index < -0.39 is 0 Å². The lowest BCUT2D eigenvalue weighted by Gasteiger charge is -2.27. The minimum atomic E-state index is -0.0167. The summed E-state index contributed by atoms with van der Waals surface area (Å²) in [5.74, 6) is -0.0167. The second-order valence-electron chi connectivity index (χ2n) is 3.85. The number of amides is 1. The number of hydrogen-bond acceptors (Lipinski definition) is 4. The maximum atomic E-state index is 12.0. The van der Waals surface area contributed by atoms with Crippen LogP contribution < -0.4 is 0 Å². The number of carbonyl (C=O) groups excluding carboxylic acids is 1. The average molecular weight is 222 g/mol. The summed E-state index contributed by atoms with van der Waals surface area (Å²) in [6.07, 6.45) is 4.45. The van der Waals surface area contributed by atoms with Crippen molar-refractivity contribution in [3.63, 3.8) is 0 Å².